The number of nitrogens with one attached hydrogen (secondary N) is 1. The third kappa shape index (κ3) is 2.55. The Bertz CT molecular complexity index is 804. The van der Waals surface area contributed by atoms with Crippen molar-refractivity contribution in [2.24, 2.45) is 0 Å². The van der Waals surface area contributed by atoms with Gasteiger partial charge in [-0.2, -0.15) is 0 Å². The molecule has 1 aliphatic rings. The Morgan fingerprint density at radius 1 is 1.05 bits per heavy atom. The summed E-state index contributed by atoms with van der Waals surface area (Å²) in [4.78, 5) is 3.50. The largest absolute Gasteiger partial charge is 0.373 e. The number of ether oxygens (including phenoxy) is 1. The number of aromatic amines is 1. The van der Waals surface area contributed by atoms with Crippen molar-refractivity contribution in [1.82, 2.24) is 4.98 Å². The van der Waals surface area contributed by atoms with Crippen molar-refractivity contribution in [2.75, 3.05) is 6.61 Å². The first kappa shape index (κ1) is 13.2. The van der Waals surface area contributed by atoms with E-state index in [9.17, 15) is 0 Å². The summed E-state index contributed by atoms with van der Waals surface area (Å²) in [5, 5.41) is 2.66. The summed E-state index contributed by atoms with van der Waals surface area (Å²) in [6.07, 6.45) is 1.23. The van der Waals surface area contributed by atoms with Gasteiger partial charge >= 0.3 is 0 Å². The normalized spacial score (nSPS) is 17.3. The fraction of sp³-hybridized carbons (Fsp3) is 0.176. The number of benzene rings is 2. The zero-order valence-electron chi connectivity index (χ0n) is 11.2. The van der Waals surface area contributed by atoms with Crippen LogP contribution in [0.3, 0.4) is 0 Å². The van der Waals surface area contributed by atoms with Gasteiger partial charge in [-0.15, -0.1) is 0 Å². The maximum absolute atomic E-state index is 6.16. The van der Waals surface area contributed by atoms with Crippen LogP contribution in [0.15, 0.2) is 42.5 Å². The van der Waals surface area contributed by atoms with Crippen LogP contribution < -0.4 is 0 Å². The Morgan fingerprint density at radius 3 is 2.48 bits per heavy atom. The van der Waals surface area contributed by atoms with Gasteiger partial charge in [0.1, 0.15) is 0 Å². The minimum absolute atomic E-state index is 0.328. The Kier molecular flexibility index (Phi) is 3.18. The number of hydrogen-bond donors (Lipinski definition) is 1. The third-order valence-corrected chi connectivity index (χ3v) is 4.32. The van der Waals surface area contributed by atoms with Gasteiger partial charge in [-0.05, 0) is 41.5 Å². The van der Waals surface area contributed by atoms with Gasteiger partial charge in [-0.3, -0.25) is 0 Å². The molecule has 0 amide bonds. The summed E-state index contributed by atoms with van der Waals surface area (Å²) >= 11 is 12.1. The molecule has 1 saturated heterocycles. The Labute approximate surface area is 132 Å². The van der Waals surface area contributed by atoms with Crippen molar-refractivity contribution < 1.29 is 4.74 Å². The topological polar surface area (TPSA) is 28.3 Å². The van der Waals surface area contributed by atoms with Crippen LogP contribution in [-0.2, 0) is 11.2 Å². The molecule has 3 aromatic rings. The maximum atomic E-state index is 6.16. The zero-order valence-corrected chi connectivity index (χ0v) is 12.7. The van der Waals surface area contributed by atoms with Crippen LogP contribution in [0.2, 0.25) is 10.0 Å². The molecule has 4 rings (SSSR count). The van der Waals surface area contributed by atoms with Gasteiger partial charge < -0.3 is 9.72 Å². The molecule has 0 saturated carbocycles. The number of H-pyrrole nitrogens is 1. The molecule has 1 unspecified atom stereocenters. The standard InChI is InChI=1S/C17H13Cl2NO/c18-11-3-1-10(2-4-11)17-15(8-13-9-21-13)14-7-12(19)5-6-16(14)20-17/h1-7,13,20H,8-9H2. The highest BCUT2D eigenvalue weighted by Crippen LogP contribution is 2.35. The van der Waals surface area contributed by atoms with Gasteiger partial charge in [0.05, 0.1) is 12.7 Å². The van der Waals surface area contributed by atoms with Crippen molar-refractivity contribution in [3.05, 3.63) is 58.1 Å². The SMILES string of the molecule is Clc1ccc(-c2[nH]c3ccc(Cl)cc3c2CC2CO2)cc1. The van der Waals surface area contributed by atoms with Crippen molar-refractivity contribution in [3.8, 4) is 11.3 Å². The van der Waals surface area contributed by atoms with Crippen LogP contribution in [-0.4, -0.2) is 17.7 Å². The average Bonchev–Trinajstić information content (AvgIpc) is 3.23. The number of rotatable bonds is 3. The minimum Gasteiger partial charge on any atom is -0.373 e. The van der Waals surface area contributed by atoms with Crippen molar-refractivity contribution >= 4 is 34.1 Å². The van der Waals surface area contributed by atoms with E-state index in [1.54, 1.807) is 0 Å². The first-order chi connectivity index (χ1) is 10.2. The third-order valence-electron chi connectivity index (χ3n) is 3.84. The summed E-state index contributed by atoms with van der Waals surface area (Å²) in [5.41, 5.74) is 4.61. The van der Waals surface area contributed by atoms with E-state index in [0.717, 1.165) is 39.8 Å². The molecule has 0 bridgehead atoms. The number of aromatic nitrogens is 1. The molecule has 1 atom stereocenters. The van der Waals surface area contributed by atoms with Gasteiger partial charge in [0, 0.05) is 33.1 Å². The Morgan fingerprint density at radius 2 is 1.76 bits per heavy atom. The summed E-state index contributed by atoms with van der Waals surface area (Å²) in [6.45, 7) is 0.841. The maximum Gasteiger partial charge on any atom is 0.0851 e. The van der Waals surface area contributed by atoms with Crippen LogP contribution >= 0.6 is 23.2 Å². The number of fused-ring (bicyclic) bond motifs is 1. The lowest BCUT2D eigenvalue weighted by molar-refractivity contribution is 0.408. The monoisotopic (exact) mass is 317 g/mol. The molecule has 0 aliphatic carbocycles. The fourth-order valence-electron chi connectivity index (χ4n) is 2.71. The van der Waals surface area contributed by atoms with E-state index in [4.69, 9.17) is 27.9 Å². The highest BCUT2D eigenvalue weighted by molar-refractivity contribution is 6.31. The summed E-state index contributed by atoms with van der Waals surface area (Å²) in [7, 11) is 0. The molecule has 1 aromatic heterocycles. The zero-order chi connectivity index (χ0) is 14.4. The summed E-state index contributed by atoms with van der Waals surface area (Å²) in [6, 6.07) is 13.8. The van der Waals surface area contributed by atoms with Crippen LogP contribution in [0, 0.1) is 0 Å². The first-order valence-electron chi connectivity index (χ1n) is 6.88. The fourth-order valence-corrected chi connectivity index (χ4v) is 3.01. The molecule has 0 spiro atoms. The van der Waals surface area contributed by atoms with E-state index in [2.05, 4.69) is 4.98 Å². The number of hydrogen-bond acceptors (Lipinski definition) is 1. The molecule has 1 N–H and O–H groups in total. The van der Waals surface area contributed by atoms with Gasteiger partial charge in [0.2, 0.25) is 0 Å². The van der Waals surface area contributed by atoms with Gasteiger partial charge in [-0.1, -0.05) is 35.3 Å². The molecule has 21 heavy (non-hydrogen) atoms. The van der Waals surface area contributed by atoms with E-state index >= 15 is 0 Å². The smallest absolute Gasteiger partial charge is 0.0851 e. The predicted octanol–water partition coefficient (Wildman–Crippen LogP) is 5.08. The van der Waals surface area contributed by atoms with E-state index in [1.807, 2.05) is 42.5 Å². The highest BCUT2D eigenvalue weighted by Gasteiger charge is 2.26. The number of halogens is 2. The molecule has 0 radical (unpaired) electrons. The second kappa shape index (κ2) is 5.06. The summed E-state index contributed by atoms with van der Waals surface area (Å²) in [5.74, 6) is 0. The average molecular weight is 318 g/mol. The lowest BCUT2D eigenvalue weighted by atomic mass is 10.0. The van der Waals surface area contributed by atoms with Crippen molar-refractivity contribution in [1.29, 1.82) is 0 Å². The molecule has 2 heterocycles. The van der Waals surface area contributed by atoms with Crippen LogP contribution in [0.25, 0.3) is 22.2 Å². The van der Waals surface area contributed by atoms with Crippen LogP contribution in [0.1, 0.15) is 5.56 Å². The predicted molar refractivity (Wildman–Crippen MR) is 87.2 cm³/mol. The van der Waals surface area contributed by atoms with Crippen LogP contribution in [0.5, 0.6) is 0 Å². The Hall–Kier alpha value is -1.48. The number of epoxide rings is 1. The molecule has 2 aromatic carbocycles. The molecular weight excluding hydrogens is 305 g/mol. The second-order valence-electron chi connectivity index (χ2n) is 5.33. The molecule has 1 aliphatic heterocycles. The quantitative estimate of drug-likeness (QED) is 0.670. The molecule has 2 nitrogen and oxygen atoms in total. The molecular formula is C17H13Cl2NO. The highest BCUT2D eigenvalue weighted by atomic mass is 35.5. The minimum atomic E-state index is 0.328. The second-order valence-corrected chi connectivity index (χ2v) is 6.21. The molecule has 1 fully saturated rings. The molecule has 106 valence electrons. The summed E-state index contributed by atoms with van der Waals surface area (Å²) < 4.78 is 5.40. The van der Waals surface area contributed by atoms with Gasteiger partial charge in [-0.25, -0.2) is 0 Å². The van der Waals surface area contributed by atoms with Crippen molar-refractivity contribution in [3.63, 3.8) is 0 Å². The lowest BCUT2D eigenvalue weighted by Crippen LogP contribution is -1.94. The van der Waals surface area contributed by atoms with E-state index in [-0.39, 0.29) is 0 Å². The van der Waals surface area contributed by atoms with E-state index < -0.39 is 0 Å². The van der Waals surface area contributed by atoms with Gasteiger partial charge in [0.25, 0.3) is 0 Å². The van der Waals surface area contributed by atoms with Gasteiger partial charge in [0.15, 0.2) is 0 Å². The first-order valence-corrected chi connectivity index (χ1v) is 7.64. The molecule has 4 heteroatoms. The van der Waals surface area contributed by atoms with Crippen LogP contribution in [0.4, 0.5) is 0 Å². The van der Waals surface area contributed by atoms with E-state index in [0.29, 0.717) is 6.10 Å². The Balaban J connectivity index is 1.91. The lowest BCUT2D eigenvalue weighted by Gasteiger charge is -2.04. The van der Waals surface area contributed by atoms with Crippen molar-refractivity contribution in [2.45, 2.75) is 12.5 Å². The van der Waals surface area contributed by atoms with E-state index in [1.165, 1.54) is 10.9 Å².